The molecular formula is C11H15N3O3. The van der Waals surface area contributed by atoms with E-state index in [1.807, 2.05) is 0 Å². The van der Waals surface area contributed by atoms with Gasteiger partial charge in [0.15, 0.2) is 0 Å². The van der Waals surface area contributed by atoms with Crippen molar-refractivity contribution in [3.8, 4) is 0 Å². The van der Waals surface area contributed by atoms with E-state index in [2.05, 4.69) is 9.97 Å². The molecule has 1 aromatic rings. The lowest BCUT2D eigenvalue weighted by molar-refractivity contribution is -0.139. The fourth-order valence-electron chi connectivity index (χ4n) is 2.14. The predicted octanol–water partition coefficient (Wildman–Crippen LogP) is 0.522. The molecule has 1 atom stereocenters. The molecule has 92 valence electrons. The van der Waals surface area contributed by atoms with E-state index in [-0.39, 0.29) is 5.56 Å². The molecule has 1 aliphatic rings. The van der Waals surface area contributed by atoms with Crippen molar-refractivity contribution in [2.24, 2.45) is 0 Å². The first-order valence-electron chi connectivity index (χ1n) is 5.65. The van der Waals surface area contributed by atoms with Crippen molar-refractivity contribution in [2.75, 3.05) is 11.4 Å². The molecule has 2 heterocycles. The molecule has 0 saturated carbocycles. The summed E-state index contributed by atoms with van der Waals surface area (Å²) < 4.78 is 0. The third kappa shape index (κ3) is 2.46. The Morgan fingerprint density at radius 3 is 3.00 bits per heavy atom. The Bertz CT molecular complexity index is 483. The normalized spacial score (nSPS) is 20.3. The van der Waals surface area contributed by atoms with Crippen LogP contribution in [0.15, 0.2) is 10.9 Å². The number of nitrogens with one attached hydrogen (secondary N) is 1. The molecule has 2 N–H and O–H groups in total. The molecule has 0 aromatic carbocycles. The molecule has 1 fully saturated rings. The number of carboxylic acids is 1. The molecule has 0 amide bonds. The van der Waals surface area contributed by atoms with E-state index < -0.39 is 12.0 Å². The third-order valence-corrected chi connectivity index (χ3v) is 2.92. The average molecular weight is 237 g/mol. The molecule has 0 radical (unpaired) electrons. The van der Waals surface area contributed by atoms with Gasteiger partial charge in [-0.3, -0.25) is 9.78 Å². The van der Waals surface area contributed by atoms with Crippen LogP contribution in [0.4, 0.5) is 5.95 Å². The molecule has 0 spiro atoms. The Morgan fingerprint density at radius 2 is 2.35 bits per heavy atom. The van der Waals surface area contributed by atoms with E-state index in [1.165, 1.54) is 6.07 Å². The summed E-state index contributed by atoms with van der Waals surface area (Å²) in [5, 5.41) is 9.15. The maximum atomic E-state index is 11.4. The SMILES string of the molecule is Cc1cc(=O)[nH]c(N2CCCCC2C(=O)O)n1. The zero-order valence-electron chi connectivity index (χ0n) is 9.64. The van der Waals surface area contributed by atoms with Crippen LogP contribution in [0.25, 0.3) is 0 Å². The molecule has 1 unspecified atom stereocenters. The summed E-state index contributed by atoms with van der Waals surface area (Å²) >= 11 is 0. The number of rotatable bonds is 2. The van der Waals surface area contributed by atoms with E-state index in [0.717, 1.165) is 12.8 Å². The Hall–Kier alpha value is -1.85. The number of aromatic amines is 1. The lowest BCUT2D eigenvalue weighted by atomic mass is 10.0. The van der Waals surface area contributed by atoms with Crippen molar-refractivity contribution >= 4 is 11.9 Å². The van der Waals surface area contributed by atoms with Gasteiger partial charge in [-0.2, -0.15) is 0 Å². The van der Waals surface area contributed by atoms with Crippen molar-refractivity contribution in [1.29, 1.82) is 0 Å². The molecule has 1 saturated heterocycles. The summed E-state index contributed by atoms with van der Waals surface area (Å²) in [6.07, 6.45) is 2.40. The highest BCUT2D eigenvalue weighted by Crippen LogP contribution is 2.21. The highest BCUT2D eigenvalue weighted by molar-refractivity contribution is 5.77. The minimum Gasteiger partial charge on any atom is -0.480 e. The minimum atomic E-state index is -0.867. The second-order valence-electron chi connectivity index (χ2n) is 4.25. The molecule has 6 heteroatoms. The summed E-state index contributed by atoms with van der Waals surface area (Å²) in [6.45, 7) is 2.34. The van der Waals surface area contributed by atoms with Crippen molar-refractivity contribution < 1.29 is 9.90 Å². The molecule has 0 aliphatic carbocycles. The quantitative estimate of drug-likeness (QED) is 0.783. The Kier molecular flexibility index (Phi) is 3.12. The molecular weight excluding hydrogens is 222 g/mol. The van der Waals surface area contributed by atoms with Crippen LogP contribution in [-0.2, 0) is 4.79 Å². The molecule has 17 heavy (non-hydrogen) atoms. The second kappa shape index (κ2) is 4.57. The number of aromatic nitrogens is 2. The van der Waals surface area contributed by atoms with E-state index in [9.17, 15) is 9.59 Å². The molecule has 1 aromatic heterocycles. The zero-order chi connectivity index (χ0) is 12.4. The Labute approximate surface area is 98.3 Å². The van der Waals surface area contributed by atoms with Gasteiger partial charge in [-0.05, 0) is 26.2 Å². The van der Waals surface area contributed by atoms with Gasteiger partial charge in [0.05, 0.1) is 0 Å². The summed E-state index contributed by atoms with van der Waals surface area (Å²) in [7, 11) is 0. The van der Waals surface area contributed by atoms with E-state index in [4.69, 9.17) is 5.11 Å². The Balaban J connectivity index is 2.35. The highest BCUT2D eigenvalue weighted by atomic mass is 16.4. The number of nitrogens with zero attached hydrogens (tertiary/aromatic N) is 2. The van der Waals surface area contributed by atoms with Crippen molar-refractivity contribution in [2.45, 2.75) is 32.2 Å². The molecule has 1 aliphatic heterocycles. The lowest BCUT2D eigenvalue weighted by Gasteiger charge is -2.33. The fourth-order valence-corrected chi connectivity index (χ4v) is 2.14. The van der Waals surface area contributed by atoms with Gasteiger partial charge in [0.2, 0.25) is 5.95 Å². The minimum absolute atomic E-state index is 0.248. The standard InChI is InChI=1S/C11H15N3O3/c1-7-6-9(15)13-11(12-7)14-5-3-2-4-8(14)10(16)17/h6,8H,2-5H2,1H3,(H,16,17)(H,12,13,15). The monoisotopic (exact) mass is 237 g/mol. The van der Waals surface area contributed by atoms with Crippen LogP contribution in [0.5, 0.6) is 0 Å². The topological polar surface area (TPSA) is 86.3 Å². The number of carboxylic acid groups (broad SMARTS) is 1. The van der Waals surface area contributed by atoms with Gasteiger partial charge in [-0.15, -0.1) is 0 Å². The first-order chi connectivity index (χ1) is 8.08. The van der Waals surface area contributed by atoms with Gasteiger partial charge in [-0.25, -0.2) is 9.78 Å². The fraction of sp³-hybridized carbons (Fsp3) is 0.545. The number of aliphatic carboxylic acids is 1. The number of aryl methyl sites for hydroxylation is 1. The predicted molar refractivity (Wildman–Crippen MR) is 62.2 cm³/mol. The average Bonchev–Trinajstić information content (AvgIpc) is 2.27. The van der Waals surface area contributed by atoms with Crippen LogP contribution in [0.1, 0.15) is 25.0 Å². The van der Waals surface area contributed by atoms with E-state index in [1.54, 1.807) is 11.8 Å². The van der Waals surface area contributed by atoms with Gasteiger partial charge < -0.3 is 10.0 Å². The van der Waals surface area contributed by atoms with Crippen LogP contribution >= 0.6 is 0 Å². The first kappa shape index (κ1) is 11.6. The maximum absolute atomic E-state index is 11.4. The van der Waals surface area contributed by atoms with Crippen molar-refractivity contribution in [1.82, 2.24) is 9.97 Å². The van der Waals surface area contributed by atoms with Gasteiger partial charge in [0.1, 0.15) is 6.04 Å². The number of H-pyrrole nitrogens is 1. The number of carbonyl (C=O) groups is 1. The van der Waals surface area contributed by atoms with Crippen LogP contribution in [0.2, 0.25) is 0 Å². The largest absolute Gasteiger partial charge is 0.480 e. The van der Waals surface area contributed by atoms with Crippen molar-refractivity contribution in [3.05, 3.63) is 22.1 Å². The summed E-state index contributed by atoms with van der Waals surface area (Å²) in [4.78, 5) is 31.0. The van der Waals surface area contributed by atoms with Crippen LogP contribution in [-0.4, -0.2) is 33.6 Å². The summed E-state index contributed by atoms with van der Waals surface area (Å²) in [5.74, 6) is -0.504. The highest BCUT2D eigenvalue weighted by Gasteiger charge is 2.29. The van der Waals surface area contributed by atoms with Gasteiger partial charge in [0, 0.05) is 18.3 Å². The number of hydrogen-bond acceptors (Lipinski definition) is 4. The summed E-state index contributed by atoms with van der Waals surface area (Å²) in [5.41, 5.74) is 0.348. The smallest absolute Gasteiger partial charge is 0.326 e. The molecule has 6 nitrogen and oxygen atoms in total. The Morgan fingerprint density at radius 1 is 1.59 bits per heavy atom. The second-order valence-corrected chi connectivity index (χ2v) is 4.25. The number of hydrogen-bond donors (Lipinski definition) is 2. The maximum Gasteiger partial charge on any atom is 0.326 e. The van der Waals surface area contributed by atoms with Crippen LogP contribution < -0.4 is 10.5 Å². The molecule has 2 rings (SSSR count). The third-order valence-electron chi connectivity index (χ3n) is 2.92. The van der Waals surface area contributed by atoms with E-state index >= 15 is 0 Å². The van der Waals surface area contributed by atoms with Gasteiger partial charge in [0.25, 0.3) is 5.56 Å². The lowest BCUT2D eigenvalue weighted by Crippen LogP contribution is -2.46. The van der Waals surface area contributed by atoms with Crippen molar-refractivity contribution in [3.63, 3.8) is 0 Å². The zero-order valence-corrected chi connectivity index (χ0v) is 9.64. The van der Waals surface area contributed by atoms with Gasteiger partial charge in [-0.1, -0.05) is 0 Å². The van der Waals surface area contributed by atoms with Crippen LogP contribution in [0.3, 0.4) is 0 Å². The van der Waals surface area contributed by atoms with E-state index in [0.29, 0.717) is 24.6 Å². The molecule has 0 bridgehead atoms. The number of anilines is 1. The summed E-state index contributed by atoms with van der Waals surface area (Å²) in [6, 6.07) is 0.803. The van der Waals surface area contributed by atoms with Crippen LogP contribution in [0, 0.1) is 6.92 Å². The number of piperidine rings is 1. The first-order valence-corrected chi connectivity index (χ1v) is 5.65. The van der Waals surface area contributed by atoms with Gasteiger partial charge >= 0.3 is 5.97 Å².